The highest BCUT2D eigenvalue weighted by molar-refractivity contribution is 5.85. The molecule has 90 valence electrons. The van der Waals surface area contributed by atoms with E-state index in [2.05, 4.69) is 11.1 Å². The van der Waals surface area contributed by atoms with Crippen LogP contribution in [0.1, 0.15) is 30.9 Å². The van der Waals surface area contributed by atoms with Gasteiger partial charge in [-0.15, -0.1) is 0 Å². The third kappa shape index (κ3) is 1.71. The topological polar surface area (TPSA) is 51.0 Å². The zero-order valence-electron chi connectivity index (χ0n) is 10.1. The van der Waals surface area contributed by atoms with Gasteiger partial charge in [-0.05, 0) is 42.5 Å². The molecule has 1 aromatic heterocycles. The molecule has 0 aliphatic heterocycles. The summed E-state index contributed by atoms with van der Waals surface area (Å²) in [5.41, 5.74) is 8.70. The summed E-state index contributed by atoms with van der Waals surface area (Å²) in [6, 6.07) is 6.24. The average Bonchev–Trinajstić information content (AvgIpc) is 2.68. The second-order valence-electron chi connectivity index (χ2n) is 4.87. The number of rotatable bonds is 3. The fourth-order valence-electron chi connectivity index (χ4n) is 2.58. The van der Waals surface area contributed by atoms with Crippen LogP contribution in [0.4, 0.5) is 0 Å². The molecule has 1 aliphatic rings. The normalized spacial score (nSPS) is 18.0. The van der Waals surface area contributed by atoms with Crippen molar-refractivity contribution in [3.05, 3.63) is 30.0 Å². The fraction of sp³-hybridized carbons (Fsp3) is 0.429. The number of methoxy groups -OCH3 is 1. The van der Waals surface area contributed by atoms with Gasteiger partial charge in [-0.1, -0.05) is 6.42 Å². The van der Waals surface area contributed by atoms with E-state index < -0.39 is 0 Å². The maximum atomic E-state index is 6.34. The summed E-state index contributed by atoms with van der Waals surface area (Å²) in [7, 11) is 1.69. The Kier molecular flexibility index (Phi) is 2.56. The number of hydrogen-bond acceptors (Lipinski definition) is 2. The van der Waals surface area contributed by atoms with Gasteiger partial charge in [-0.25, -0.2) is 0 Å². The van der Waals surface area contributed by atoms with Crippen LogP contribution in [0.25, 0.3) is 10.9 Å². The Hall–Kier alpha value is -1.48. The molecule has 2 aromatic rings. The molecule has 3 N–H and O–H groups in total. The van der Waals surface area contributed by atoms with Gasteiger partial charge in [-0.3, -0.25) is 0 Å². The smallest absolute Gasteiger partial charge is 0.119 e. The second kappa shape index (κ2) is 4.08. The van der Waals surface area contributed by atoms with E-state index in [9.17, 15) is 0 Å². The average molecular weight is 230 g/mol. The first-order valence-corrected chi connectivity index (χ1v) is 6.20. The summed E-state index contributed by atoms with van der Waals surface area (Å²) in [6.07, 6.45) is 5.90. The van der Waals surface area contributed by atoms with E-state index >= 15 is 0 Å². The summed E-state index contributed by atoms with van der Waals surface area (Å²) in [6.45, 7) is 0. The minimum Gasteiger partial charge on any atom is -0.497 e. The van der Waals surface area contributed by atoms with Crippen LogP contribution in [-0.2, 0) is 0 Å². The molecule has 3 nitrogen and oxygen atoms in total. The van der Waals surface area contributed by atoms with Crippen molar-refractivity contribution in [2.24, 2.45) is 11.7 Å². The summed E-state index contributed by atoms with van der Waals surface area (Å²) < 4.78 is 5.27. The highest BCUT2D eigenvalue weighted by Crippen LogP contribution is 2.38. The van der Waals surface area contributed by atoms with Crippen molar-refractivity contribution in [2.45, 2.75) is 25.3 Å². The number of benzene rings is 1. The van der Waals surface area contributed by atoms with Gasteiger partial charge >= 0.3 is 0 Å². The van der Waals surface area contributed by atoms with Crippen molar-refractivity contribution in [1.82, 2.24) is 4.98 Å². The minimum atomic E-state index is 0.157. The Morgan fingerprint density at radius 1 is 1.41 bits per heavy atom. The highest BCUT2D eigenvalue weighted by Gasteiger charge is 2.27. The number of aromatic nitrogens is 1. The summed E-state index contributed by atoms with van der Waals surface area (Å²) in [4.78, 5) is 3.29. The van der Waals surface area contributed by atoms with Crippen LogP contribution in [0, 0.1) is 5.92 Å². The molecule has 3 heteroatoms. The molecule has 0 spiro atoms. The Balaban J connectivity index is 2.02. The van der Waals surface area contributed by atoms with Gasteiger partial charge < -0.3 is 15.5 Å². The van der Waals surface area contributed by atoms with Crippen LogP contribution in [0.15, 0.2) is 24.4 Å². The lowest BCUT2D eigenvalue weighted by Crippen LogP contribution is -2.26. The van der Waals surface area contributed by atoms with E-state index in [0.717, 1.165) is 11.3 Å². The third-order valence-electron chi connectivity index (χ3n) is 3.94. The van der Waals surface area contributed by atoms with Crippen LogP contribution < -0.4 is 10.5 Å². The van der Waals surface area contributed by atoms with Gasteiger partial charge in [0, 0.05) is 23.1 Å². The number of H-pyrrole nitrogens is 1. The van der Waals surface area contributed by atoms with Gasteiger partial charge in [0.15, 0.2) is 0 Å². The monoisotopic (exact) mass is 230 g/mol. The number of nitrogens with two attached hydrogens (primary N) is 1. The van der Waals surface area contributed by atoms with E-state index in [0.29, 0.717) is 5.92 Å². The second-order valence-corrected chi connectivity index (χ2v) is 4.87. The van der Waals surface area contributed by atoms with Crippen LogP contribution >= 0.6 is 0 Å². The van der Waals surface area contributed by atoms with Crippen molar-refractivity contribution < 1.29 is 4.74 Å². The summed E-state index contributed by atoms with van der Waals surface area (Å²) >= 11 is 0. The lowest BCUT2D eigenvalue weighted by Gasteiger charge is -2.31. The lowest BCUT2D eigenvalue weighted by molar-refractivity contribution is 0.265. The molecule has 0 unspecified atom stereocenters. The standard InChI is InChI=1S/C14H18N2O/c1-17-10-5-6-13-11(7-10)12(8-16-13)14(15)9-3-2-4-9/h5-9,14,16H,2-4,15H2,1H3/t14-/m0/s1. The van der Waals surface area contributed by atoms with Crippen molar-refractivity contribution >= 4 is 10.9 Å². The predicted molar refractivity (Wildman–Crippen MR) is 69.1 cm³/mol. The Labute approximate surface area is 101 Å². The molecule has 1 aromatic carbocycles. The molecule has 3 rings (SSSR count). The van der Waals surface area contributed by atoms with Gasteiger partial charge in [-0.2, -0.15) is 0 Å². The third-order valence-corrected chi connectivity index (χ3v) is 3.94. The number of nitrogens with one attached hydrogen (secondary N) is 1. The molecule has 17 heavy (non-hydrogen) atoms. The molecular weight excluding hydrogens is 212 g/mol. The molecular formula is C14H18N2O. The van der Waals surface area contributed by atoms with Crippen molar-refractivity contribution in [2.75, 3.05) is 7.11 Å². The van der Waals surface area contributed by atoms with Crippen LogP contribution in [0.3, 0.4) is 0 Å². The van der Waals surface area contributed by atoms with Crippen molar-refractivity contribution in [3.8, 4) is 5.75 Å². The van der Waals surface area contributed by atoms with Crippen molar-refractivity contribution in [3.63, 3.8) is 0 Å². The molecule has 1 saturated carbocycles. The minimum absolute atomic E-state index is 0.157. The number of aromatic amines is 1. The highest BCUT2D eigenvalue weighted by atomic mass is 16.5. The first-order valence-electron chi connectivity index (χ1n) is 6.20. The van der Waals surface area contributed by atoms with Crippen LogP contribution in [0.2, 0.25) is 0 Å². The summed E-state index contributed by atoms with van der Waals surface area (Å²) in [5, 5.41) is 1.20. The van der Waals surface area contributed by atoms with E-state index in [1.807, 2.05) is 18.3 Å². The predicted octanol–water partition coefficient (Wildman–Crippen LogP) is 2.98. The number of fused-ring (bicyclic) bond motifs is 1. The number of hydrogen-bond donors (Lipinski definition) is 2. The molecule has 0 saturated heterocycles. The molecule has 1 atom stereocenters. The first kappa shape index (κ1) is 10.7. The van der Waals surface area contributed by atoms with Crippen LogP contribution in [0.5, 0.6) is 5.75 Å². The van der Waals surface area contributed by atoms with E-state index in [1.165, 1.54) is 30.2 Å². The van der Waals surface area contributed by atoms with E-state index in [1.54, 1.807) is 7.11 Å². The molecule has 0 bridgehead atoms. The van der Waals surface area contributed by atoms with Gasteiger partial charge in [0.1, 0.15) is 5.75 Å². The van der Waals surface area contributed by atoms with Crippen molar-refractivity contribution in [1.29, 1.82) is 0 Å². The maximum Gasteiger partial charge on any atom is 0.119 e. The fourth-order valence-corrected chi connectivity index (χ4v) is 2.58. The Morgan fingerprint density at radius 3 is 2.88 bits per heavy atom. The maximum absolute atomic E-state index is 6.34. The van der Waals surface area contributed by atoms with E-state index in [4.69, 9.17) is 10.5 Å². The van der Waals surface area contributed by atoms with E-state index in [-0.39, 0.29) is 6.04 Å². The molecule has 1 heterocycles. The molecule has 1 aliphatic carbocycles. The molecule has 0 amide bonds. The first-order chi connectivity index (χ1) is 8.29. The summed E-state index contributed by atoms with van der Waals surface area (Å²) in [5.74, 6) is 1.54. The molecule has 0 radical (unpaired) electrons. The lowest BCUT2D eigenvalue weighted by atomic mass is 9.77. The Bertz CT molecular complexity index is 528. The van der Waals surface area contributed by atoms with Gasteiger partial charge in [0.25, 0.3) is 0 Å². The molecule has 1 fully saturated rings. The largest absolute Gasteiger partial charge is 0.497 e. The Morgan fingerprint density at radius 2 is 2.24 bits per heavy atom. The van der Waals surface area contributed by atoms with Gasteiger partial charge in [0.05, 0.1) is 7.11 Å². The van der Waals surface area contributed by atoms with Crippen LogP contribution in [-0.4, -0.2) is 12.1 Å². The SMILES string of the molecule is COc1ccc2[nH]cc([C@@H](N)C3CCC3)c2c1. The zero-order chi connectivity index (χ0) is 11.8. The number of ether oxygens (including phenoxy) is 1. The van der Waals surface area contributed by atoms with Gasteiger partial charge in [0.2, 0.25) is 0 Å². The zero-order valence-corrected chi connectivity index (χ0v) is 10.1. The quantitative estimate of drug-likeness (QED) is 0.851.